The van der Waals surface area contributed by atoms with Crippen LogP contribution in [0.15, 0.2) is 24.3 Å². The van der Waals surface area contributed by atoms with Gasteiger partial charge in [0.05, 0.1) is 11.3 Å². The Morgan fingerprint density at radius 3 is 2.24 bits per heavy atom. The van der Waals surface area contributed by atoms with E-state index >= 15 is 0 Å². The number of benzene rings is 1. The monoisotopic (exact) mass is 324 g/mol. The lowest BCUT2D eigenvalue weighted by Gasteiger charge is -2.10. The Bertz CT molecular complexity index is 527. The van der Waals surface area contributed by atoms with Gasteiger partial charge in [0.2, 0.25) is 10.0 Å². The molecule has 0 fully saturated rings. The summed E-state index contributed by atoms with van der Waals surface area (Å²) in [5.74, 6) is -0.0786. The van der Waals surface area contributed by atoms with Crippen LogP contribution in [-0.4, -0.2) is 27.3 Å². The van der Waals surface area contributed by atoms with Crippen LogP contribution in [0.3, 0.4) is 0 Å². The molecule has 0 saturated heterocycles. The lowest BCUT2D eigenvalue weighted by Crippen LogP contribution is -2.22. The fourth-order valence-electron chi connectivity index (χ4n) is 1.65. The minimum absolute atomic E-state index is 0.0786. The van der Waals surface area contributed by atoms with Crippen molar-refractivity contribution >= 4 is 15.7 Å². The molecule has 0 amide bonds. The average Bonchev–Trinajstić information content (AvgIpc) is 2.37. The van der Waals surface area contributed by atoms with Crippen LogP contribution in [0.1, 0.15) is 25.3 Å². The molecular formula is C13H19F3N2O2S. The Morgan fingerprint density at radius 1 is 1.10 bits per heavy atom. The van der Waals surface area contributed by atoms with Crippen molar-refractivity contribution in [2.24, 2.45) is 0 Å². The summed E-state index contributed by atoms with van der Waals surface area (Å²) in [5.41, 5.74) is -0.682. The van der Waals surface area contributed by atoms with Gasteiger partial charge in [0.25, 0.3) is 0 Å². The van der Waals surface area contributed by atoms with E-state index in [1.54, 1.807) is 0 Å². The Hall–Kier alpha value is -1.28. The van der Waals surface area contributed by atoms with E-state index in [0.717, 1.165) is 37.2 Å². The molecule has 0 aliphatic rings. The van der Waals surface area contributed by atoms with Gasteiger partial charge in [-0.25, -0.2) is 8.42 Å². The van der Waals surface area contributed by atoms with Gasteiger partial charge >= 0.3 is 6.18 Å². The fourth-order valence-corrected chi connectivity index (χ4v) is 2.77. The molecule has 120 valence electrons. The molecule has 0 spiro atoms. The number of hydrogen-bond donors (Lipinski definition) is 2. The SMILES string of the molecule is CCCNCCCS(=O)(=O)Nc1ccc(C(F)(F)F)cc1. The first-order chi connectivity index (χ1) is 9.74. The second-order valence-corrected chi connectivity index (χ2v) is 6.44. The number of rotatable bonds is 8. The molecule has 21 heavy (non-hydrogen) atoms. The molecule has 8 heteroatoms. The van der Waals surface area contributed by atoms with Crippen LogP contribution >= 0.6 is 0 Å². The molecule has 4 nitrogen and oxygen atoms in total. The molecule has 1 aromatic rings. The predicted octanol–water partition coefficient (Wildman–Crippen LogP) is 2.84. The van der Waals surface area contributed by atoms with Gasteiger partial charge in [-0.15, -0.1) is 0 Å². The lowest BCUT2D eigenvalue weighted by atomic mass is 10.2. The molecule has 0 unspecified atom stereocenters. The Labute approximate surface area is 122 Å². The zero-order valence-corrected chi connectivity index (χ0v) is 12.5. The summed E-state index contributed by atoms with van der Waals surface area (Å²) < 4.78 is 62.9. The third-order valence-electron chi connectivity index (χ3n) is 2.68. The van der Waals surface area contributed by atoms with Gasteiger partial charge in [-0.05, 0) is 50.2 Å². The maximum Gasteiger partial charge on any atom is 0.416 e. The van der Waals surface area contributed by atoms with Gasteiger partial charge in [-0.3, -0.25) is 4.72 Å². The zero-order chi connectivity index (χ0) is 15.9. The van der Waals surface area contributed by atoms with Crippen LogP contribution in [0.5, 0.6) is 0 Å². The van der Waals surface area contributed by atoms with Gasteiger partial charge in [-0.2, -0.15) is 13.2 Å². The molecular weight excluding hydrogens is 305 g/mol. The maximum atomic E-state index is 12.4. The Kier molecular flexibility index (Phi) is 6.47. The topological polar surface area (TPSA) is 58.2 Å². The first kappa shape index (κ1) is 17.8. The van der Waals surface area contributed by atoms with Crippen molar-refractivity contribution < 1.29 is 21.6 Å². The van der Waals surface area contributed by atoms with E-state index < -0.39 is 21.8 Å². The van der Waals surface area contributed by atoms with E-state index in [1.807, 2.05) is 6.92 Å². The first-order valence-corrected chi connectivity index (χ1v) is 8.28. The molecule has 1 aromatic carbocycles. The molecule has 0 saturated carbocycles. The van der Waals surface area contributed by atoms with Crippen molar-refractivity contribution in [3.8, 4) is 0 Å². The maximum absolute atomic E-state index is 12.4. The second-order valence-electron chi connectivity index (χ2n) is 4.60. The van der Waals surface area contributed by atoms with Crippen molar-refractivity contribution in [1.82, 2.24) is 5.32 Å². The van der Waals surface area contributed by atoms with Crippen LogP contribution in [0, 0.1) is 0 Å². The summed E-state index contributed by atoms with van der Waals surface area (Å²) in [5, 5.41) is 3.08. The van der Waals surface area contributed by atoms with Crippen LogP contribution < -0.4 is 10.0 Å². The van der Waals surface area contributed by atoms with Crippen LogP contribution in [0.2, 0.25) is 0 Å². The number of sulfonamides is 1. The standard InChI is InChI=1S/C13H19F3N2O2S/c1-2-8-17-9-3-10-21(19,20)18-12-6-4-11(5-7-12)13(14,15)16/h4-7,17-18H,2-3,8-10H2,1H3. The molecule has 2 N–H and O–H groups in total. The average molecular weight is 324 g/mol. The fraction of sp³-hybridized carbons (Fsp3) is 0.538. The van der Waals surface area contributed by atoms with Crippen LogP contribution in [-0.2, 0) is 16.2 Å². The smallest absolute Gasteiger partial charge is 0.317 e. The highest BCUT2D eigenvalue weighted by Gasteiger charge is 2.30. The van der Waals surface area contributed by atoms with Crippen LogP contribution in [0.25, 0.3) is 0 Å². The normalized spacial score (nSPS) is 12.4. The lowest BCUT2D eigenvalue weighted by molar-refractivity contribution is -0.137. The van der Waals surface area contributed by atoms with E-state index in [-0.39, 0.29) is 11.4 Å². The highest BCUT2D eigenvalue weighted by molar-refractivity contribution is 7.92. The highest BCUT2D eigenvalue weighted by atomic mass is 32.2. The van der Waals surface area contributed by atoms with Crippen molar-refractivity contribution in [1.29, 1.82) is 0 Å². The second kappa shape index (κ2) is 7.65. The third kappa shape index (κ3) is 6.81. The molecule has 0 atom stereocenters. The largest absolute Gasteiger partial charge is 0.416 e. The van der Waals surface area contributed by atoms with Crippen molar-refractivity contribution in [2.75, 3.05) is 23.6 Å². The highest BCUT2D eigenvalue weighted by Crippen LogP contribution is 2.29. The summed E-state index contributed by atoms with van der Waals surface area (Å²) in [7, 11) is -3.54. The first-order valence-electron chi connectivity index (χ1n) is 6.63. The molecule has 0 aliphatic heterocycles. The van der Waals surface area contributed by atoms with Crippen LogP contribution in [0.4, 0.5) is 18.9 Å². The van der Waals surface area contributed by atoms with Gasteiger partial charge < -0.3 is 5.32 Å². The summed E-state index contributed by atoms with van der Waals surface area (Å²) in [6, 6.07) is 3.91. The molecule has 0 radical (unpaired) electrons. The van der Waals surface area contributed by atoms with Gasteiger partial charge in [0, 0.05) is 5.69 Å². The quantitative estimate of drug-likeness (QED) is 0.723. The number of hydrogen-bond acceptors (Lipinski definition) is 3. The van der Waals surface area contributed by atoms with E-state index in [4.69, 9.17) is 0 Å². The van der Waals surface area contributed by atoms with Crippen molar-refractivity contribution in [3.05, 3.63) is 29.8 Å². The number of halogens is 3. The number of anilines is 1. The van der Waals surface area contributed by atoms with E-state index in [0.29, 0.717) is 13.0 Å². The molecule has 0 aromatic heterocycles. The zero-order valence-electron chi connectivity index (χ0n) is 11.7. The van der Waals surface area contributed by atoms with E-state index in [1.165, 1.54) is 0 Å². The van der Waals surface area contributed by atoms with Crippen molar-refractivity contribution in [3.63, 3.8) is 0 Å². The number of nitrogens with one attached hydrogen (secondary N) is 2. The predicted molar refractivity (Wildman–Crippen MR) is 76.6 cm³/mol. The Morgan fingerprint density at radius 2 is 1.71 bits per heavy atom. The van der Waals surface area contributed by atoms with E-state index in [2.05, 4.69) is 10.0 Å². The minimum atomic E-state index is -4.43. The third-order valence-corrected chi connectivity index (χ3v) is 4.05. The summed E-state index contributed by atoms with van der Waals surface area (Å²) in [4.78, 5) is 0. The van der Waals surface area contributed by atoms with Gasteiger partial charge in [0.15, 0.2) is 0 Å². The van der Waals surface area contributed by atoms with Gasteiger partial charge in [-0.1, -0.05) is 6.92 Å². The van der Waals surface area contributed by atoms with E-state index in [9.17, 15) is 21.6 Å². The summed E-state index contributed by atoms with van der Waals surface area (Å²) >= 11 is 0. The minimum Gasteiger partial charge on any atom is -0.317 e. The Balaban J connectivity index is 2.51. The summed E-state index contributed by atoms with van der Waals surface area (Å²) in [6.07, 6.45) is -3.02. The summed E-state index contributed by atoms with van der Waals surface area (Å²) in [6.45, 7) is 3.42. The molecule has 0 heterocycles. The van der Waals surface area contributed by atoms with Gasteiger partial charge in [0.1, 0.15) is 0 Å². The van der Waals surface area contributed by atoms with Crippen molar-refractivity contribution in [2.45, 2.75) is 25.9 Å². The number of alkyl halides is 3. The molecule has 1 rings (SSSR count). The molecule has 0 bridgehead atoms. The molecule has 0 aliphatic carbocycles.